The molecule has 2 aromatic carbocycles. The average Bonchev–Trinajstić information content (AvgIpc) is 2.76. The first-order valence-electron chi connectivity index (χ1n) is 10.3. The molecule has 3 rings (SSSR count). The molecule has 0 aliphatic carbocycles. The Labute approximate surface area is 176 Å². The van der Waals surface area contributed by atoms with Gasteiger partial charge in [0, 0.05) is 24.7 Å². The molecule has 1 aliphatic rings. The highest BCUT2D eigenvalue weighted by Gasteiger charge is 2.25. The third kappa shape index (κ3) is 5.24. The number of aliphatic hydroxyl groups excluding tert-OH is 2. The second-order valence-electron chi connectivity index (χ2n) is 7.93. The van der Waals surface area contributed by atoms with Crippen LogP contribution in [0, 0.1) is 11.3 Å². The molecule has 3 unspecified atom stereocenters. The highest BCUT2D eigenvalue weighted by Crippen LogP contribution is 2.29. The second-order valence-corrected chi connectivity index (χ2v) is 7.93. The molecular weight excluding hydrogens is 383 g/mol. The van der Waals surface area contributed by atoms with Crippen LogP contribution in [0.5, 0.6) is 0 Å². The third-order valence-corrected chi connectivity index (χ3v) is 5.65. The molecule has 5 nitrogen and oxygen atoms in total. The van der Waals surface area contributed by atoms with E-state index in [-0.39, 0.29) is 24.2 Å². The van der Waals surface area contributed by atoms with Crippen molar-refractivity contribution in [3.8, 4) is 6.07 Å². The van der Waals surface area contributed by atoms with E-state index in [2.05, 4.69) is 11.8 Å². The predicted molar refractivity (Wildman–Crippen MR) is 116 cm³/mol. The van der Waals surface area contributed by atoms with E-state index < -0.39 is 18.9 Å². The highest BCUT2D eigenvalue weighted by molar-refractivity contribution is 6.03. The van der Waals surface area contributed by atoms with Gasteiger partial charge in [0.2, 0.25) is 0 Å². The molecule has 1 aliphatic heterocycles. The third-order valence-electron chi connectivity index (χ3n) is 5.65. The molecule has 0 radical (unpaired) electrons. The zero-order valence-electron chi connectivity index (χ0n) is 17.1. The molecule has 3 atom stereocenters. The molecule has 0 bridgehead atoms. The number of rotatable bonds is 7. The van der Waals surface area contributed by atoms with Crippen LogP contribution in [0.2, 0.25) is 0 Å². The summed E-state index contributed by atoms with van der Waals surface area (Å²) in [6, 6.07) is 13.9. The number of nitrogens with zero attached hydrogens (tertiary/aromatic N) is 2. The van der Waals surface area contributed by atoms with Gasteiger partial charge in [-0.25, -0.2) is 4.39 Å². The van der Waals surface area contributed by atoms with Gasteiger partial charge in [0.1, 0.15) is 12.2 Å². The lowest BCUT2D eigenvalue weighted by Gasteiger charge is -2.37. The van der Waals surface area contributed by atoms with Crippen molar-refractivity contribution >= 4 is 28.3 Å². The minimum atomic E-state index is -0.959. The monoisotopic (exact) mass is 410 g/mol. The smallest absolute Gasteiger partial charge is 0.173 e. The van der Waals surface area contributed by atoms with Crippen LogP contribution in [0.1, 0.15) is 38.2 Å². The van der Waals surface area contributed by atoms with Crippen molar-refractivity contribution in [1.82, 2.24) is 0 Å². The number of piperidine rings is 1. The fourth-order valence-corrected chi connectivity index (χ4v) is 3.81. The van der Waals surface area contributed by atoms with Gasteiger partial charge in [0.25, 0.3) is 0 Å². The summed E-state index contributed by atoms with van der Waals surface area (Å²) in [4.78, 5) is 14.3. The number of Topliss-reactive ketones (excluding diaryl/α,β-unsaturated/α-hetero) is 1. The van der Waals surface area contributed by atoms with Crippen molar-refractivity contribution in [3.05, 3.63) is 47.5 Å². The number of carbonyl (C=O) groups is 1. The Morgan fingerprint density at radius 2 is 2.03 bits per heavy atom. The summed E-state index contributed by atoms with van der Waals surface area (Å²) in [6.07, 6.45) is 1.35. The van der Waals surface area contributed by atoms with Gasteiger partial charge in [-0.1, -0.05) is 18.2 Å². The van der Waals surface area contributed by atoms with E-state index in [0.717, 1.165) is 28.4 Å². The van der Waals surface area contributed by atoms with Crippen LogP contribution in [-0.2, 0) is 4.79 Å². The van der Waals surface area contributed by atoms with E-state index in [1.807, 2.05) is 42.5 Å². The van der Waals surface area contributed by atoms with Gasteiger partial charge >= 0.3 is 0 Å². The zero-order chi connectivity index (χ0) is 21.7. The average molecular weight is 410 g/mol. The molecule has 0 amide bonds. The number of ketones is 1. The molecule has 0 spiro atoms. The second kappa shape index (κ2) is 9.84. The summed E-state index contributed by atoms with van der Waals surface area (Å²) in [7, 11) is 0. The summed E-state index contributed by atoms with van der Waals surface area (Å²) in [5, 5.41) is 29.5. The van der Waals surface area contributed by atoms with E-state index >= 15 is 0 Å². The van der Waals surface area contributed by atoms with Crippen molar-refractivity contribution in [2.75, 3.05) is 18.1 Å². The van der Waals surface area contributed by atoms with E-state index in [1.54, 1.807) is 6.08 Å². The zero-order valence-corrected chi connectivity index (χ0v) is 17.1. The fourth-order valence-electron chi connectivity index (χ4n) is 3.81. The van der Waals surface area contributed by atoms with Crippen LogP contribution in [0.25, 0.3) is 16.8 Å². The van der Waals surface area contributed by atoms with Crippen LogP contribution in [0.15, 0.2) is 42.0 Å². The summed E-state index contributed by atoms with van der Waals surface area (Å²) in [5.41, 5.74) is 1.75. The number of alkyl halides is 1. The van der Waals surface area contributed by atoms with Gasteiger partial charge in [-0.2, -0.15) is 5.26 Å². The number of allylic oxidation sites excluding steroid dienone is 1. The first-order valence-corrected chi connectivity index (χ1v) is 10.3. The lowest BCUT2D eigenvalue weighted by atomic mass is 9.99. The van der Waals surface area contributed by atoms with Crippen molar-refractivity contribution in [3.63, 3.8) is 0 Å². The molecule has 0 aromatic heterocycles. The van der Waals surface area contributed by atoms with Gasteiger partial charge in [-0.3, -0.25) is 4.79 Å². The number of hydrogen-bond donors (Lipinski definition) is 2. The van der Waals surface area contributed by atoms with Crippen molar-refractivity contribution in [2.45, 2.75) is 50.9 Å². The molecule has 1 heterocycles. The standard InChI is InChI=1S/C24H27FN2O3/c1-16-2-6-21(25)14-27(16)22-7-5-18-10-17(3-4-19(18)12-22)11-20(13-26)24(30)9-8-23(29)15-28/h3-5,7,10-12,16,21,23,28-29H,2,6,8-9,14-15H2,1H3/b20-11+. The van der Waals surface area contributed by atoms with Gasteiger partial charge in [0.05, 0.1) is 18.3 Å². The normalized spacial score (nSPS) is 20.8. The Hall–Kier alpha value is -2.75. The number of carbonyl (C=O) groups excluding carboxylic acids is 1. The predicted octanol–water partition coefficient (Wildman–Crippen LogP) is 3.78. The number of benzene rings is 2. The largest absolute Gasteiger partial charge is 0.394 e. The van der Waals surface area contributed by atoms with Crippen LogP contribution in [0.4, 0.5) is 10.1 Å². The Bertz CT molecular complexity index is 982. The minimum absolute atomic E-state index is 0.00163. The summed E-state index contributed by atoms with van der Waals surface area (Å²) in [5.74, 6) is -0.361. The van der Waals surface area contributed by atoms with Crippen LogP contribution >= 0.6 is 0 Å². The number of fused-ring (bicyclic) bond motifs is 1. The van der Waals surface area contributed by atoms with Crippen molar-refractivity contribution in [1.29, 1.82) is 5.26 Å². The fraction of sp³-hybridized carbons (Fsp3) is 0.417. The molecule has 0 saturated carbocycles. The maximum Gasteiger partial charge on any atom is 0.173 e. The number of hydrogen-bond acceptors (Lipinski definition) is 5. The molecule has 158 valence electrons. The van der Waals surface area contributed by atoms with E-state index in [4.69, 9.17) is 5.11 Å². The molecule has 1 saturated heterocycles. The van der Waals surface area contributed by atoms with Gasteiger partial charge < -0.3 is 15.1 Å². The van der Waals surface area contributed by atoms with E-state index in [0.29, 0.717) is 19.0 Å². The maximum absolute atomic E-state index is 13.9. The van der Waals surface area contributed by atoms with Crippen molar-refractivity contribution in [2.24, 2.45) is 0 Å². The molecule has 2 N–H and O–H groups in total. The first kappa shape index (κ1) is 21.9. The van der Waals surface area contributed by atoms with Gasteiger partial charge in [0.15, 0.2) is 5.78 Å². The van der Waals surface area contributed by atoms with E-state index in [9.17, 15) is 19.6 Å². The number of aliphatic hydroxyl groups is 2. The molecular formula is C24H27FN2O3. The Kier molecular flexibility index (Phi) is 7.20. The Morgan fingerprint density at radius 1 is 1.30 bits per heavy atom. The molecule has 6 heteroatoms. The molecule has 1 fully saturated rings. The summed E-state index contributed by atoms with van der Waals surface area (Å²) in [6.45, 7) is 2.11. The Balaban J connectivity index is 1.80. The lowest BCUT2D eigenvalue weighted by molar-refractivity contribution is -0.115. The Morgan fingerprint density at radius 3 is 2.77 bits per heavy atom. The van der Waals surface area contributed by atoms with E-state index in [1.165, 1.54) is 0 Å². The van der Waals surface area contributed by atoms with Crippen LogP contribution in [-0.4, -0.2) is 47.5 Å². The maximum atomic E-state index is 13.9. The first-order chi connectivity index (χ1) is 14.4. The summed E-state index contributed by atoms with van der Waals surface area (Å²) < 4.78 is 13.9. The highest BCUT2D eigenvalue weighted by atomic mass is 19.1. The van der Waals surface area contributed by atoms with Gasteiger partial charge in [-0.15, -0.1) is 0 Å². The van der Waals surface area contributed by atoms with Crippen LogP contribution in [0.3, 0.4) is 0 Å². The lowest BCUT2D eigenvalue weighted by Crippen LogP contribution is -2.42. The SMILES string of the molecule is CC1CCC(F)CN1c1ccc2cc(/C=C(\C#N)C(=O)CCC(O)CO)ccc2c1. The molecule has 2 aromatic rings. The van der Waals surface area contributed by atoms with Crippen molar-refractivity contribution < 1.29 is 19.4 Å². The topological polar surface area (TPSA) is 84.6 Å². The minimum Gasteiger partial charge on any atom is -0.394 e. The number of nitriles is 1. The number of halogens is 1. The number of anilines is 1. The molecule has 30 heavy (non-hydrogen) atoms. The summed E-state index contributed by atoms with van der Waals surface area (Å²) >= 11 is 0. The van der Waals surface area contributed by atoms with Gasteiger partial charge in [-0.05, 0) is 66.8 Å². The quantitative estimate of drug-likeness (QED) is 0.536. The van der Waals surface area contributed by atoms with Crippen LogP contribution < -0.4 is 4.90 Å².